The van der Waals surface area contributed by atoms with Gasteiger partial charge in [-0.2, -0.15) is 0 Å². The van der Waals surface area contributed by atoms with E-state index in [2.05, 4.69) is 25.1 Å². The summed E-state index contributed by atoms with van der Waals surface area (Å²) in [5.41, 5.74) is 1.40. The van der Waals surface area contributed by atoms with Gasteiger partial charge in [0.1, 0.15) is 18.5 Å². The minimum atomic E-state index is 0.335. The third-order valence-corrected chi connectivity index (χ3v) is 4.06. The number of epoxide rings is 1. The Morgan fingerprint density at radius 1 is 1.05 bits per heavy atom. The van der Waals surface area contributed by atoms with Crippen LogP contribution in [0.25, 0.3) is 0 Å². The molecular weight excluding hydrogens is 260 g/mol. The minimum absolute atomic E-state index is 0.335. The van der Waals surface area contributed by atoms with Crippen molar-refractivity contribution < 1.29 is 9.47 Å². The van der Waals surface area contributed by atoms with Crippen LogP contribution in [0.2, 0.25) is 0 Å². The summed E-state index contributed by atoms with van der Waals surface area (Å²) in [7, 11) is 0. The van der Waals surface area contributed by atoms with Crippen molar-refractivity contribution in [2.45, 2.75) is 70.8 Å². The highest BCUT2D eigenvalue weighted by molar-refractivity contribution is 5.28. The lowest BCUT2D eigenvalue weighted by Gasteiger charge is -2.07. The van der Waals surface area contributed by atoms with Crippen LogP contribution in [0.15, 0.2) is 24.3 Å². The van der Waals surface area contributed by atoms with Gasteiger partial charge in [-0.05, 0) is 30.5 Å². The standard InChI is InChI=1S/C19H30O2/c1-2-3-4-5-6-7-8-9-11-17-12-10-13-18(14-17)20-15-19-16-21-19/h10,12-14,19H,2-9,11,15-16H2,1H3. The van der Waals surface area contributed by atoms with Crippen LogP contribution in [0.5, 0.6) is 5.75 Å². The zero-order valence-electron chi connectivity index (χ0n) is 13.5. The predicted molar refractivity (Wildman–Crippen MR) is 88.0 cm³/mol. The van der Waals surface area contributed by atoms with E-state index in [1.54, 1.807) is 0 Å². The molecule has 0 saturated carbocycles. The van der Waals surface area contributed by atoms with Crippen LogP contribution in [0.1, 0.15) is 63.9 Å². The number of aryl methyl sites for hydroxylation is 1. The van der Waals surface area contributed by atoms with Gasteiger partial charge in [0.05, 0.1) is 6.61 Å². The van der Waals surface area contributed by atoms with E-state index >= 15 is 0 Å². The van der Waals surface area contributed by atoms with Crippen LogP contribution in [-0.2, 0) is 11.2 Å². The van der Waals surface area contributed by atoms with Gasteiger partial charge in [0.2, 0.25) is 0 Å². The van der Waals surface area contributed by atoms with Crippen molar-refractivity contribution in [1.82, 2.24) is 0 Å². The van der Waals surface area contributed by atoms with E-state index in [1.807, 2.05) is 6.07 Å². The monoisotopic (exact) mass is 290 g/mol. The molecule has 1 heterocycles. The van der Waals surface area contributed by atoms with Crippen LogP contribution in [0.4, 0.5) is 0 Å². The topological polar surface area (TPSA) is 21.8 Å². The Morgan fingerprint density at radius 3 is 2.48 bits per heavy atom. The molecule has 0 amide bonds. The summed E-state index contributed by atoms with van der Waals surface area (Å²) in [6.45, 7) is 3.83. The maximum absolute atomic E-state index is 5.73. The lowest BCUT2D eigenvalue weighted by Crippen LogP contribution is -2.04. The number of rotatable bonds is 12. The fourth-order valence-corrected chi connectivity index (χ4v) is 2.61. The molecule has 1 aromatic rings. The van der Waals surface area contributed by atoms with Crippen LogP contribution < -0.4 is 4.74 Å². The van der Waals surface area contributed by atoms with Crippen LogP contribution in [-0.4, -0.2) is 19.3 Å². The third kappa shape index (κ3) is 7.52. The third-order valence-electron chi connectivity index (χ3n) is 4.06. The Hall–Kier alpha value is -1.02. The minimum Gasteiger partial charge on any atom is -0.491 e. The smallest absolute Gasteiger partial charge is 0.119 e. The van der Waals surface area contributed by atoms with E-state index in [0.717, 1.165) is 12.4 Å². The van der Waals surface area contributed by atoms with Gasteiger partial charge in [-0.25, -0.2) is 0 Å². The van der Waals surface area contributed by atoms with Gasteiger partial charge >= 0.3 is 0 Å². The van der Waals surface area contributed by atoms with Crippen LogP contribution in [0.3, 0.4) is 0 Å². The Labute approximate surface area is 129 Å². The van der Waals surface area contributed by atoms with E-state index in [1.165, 1.54) is 63.4 Å². The first-order chi connectivity index (χ1) is 10.4. The molecular formula is C19H30O2. The average Bonchev–Trinajstić information content (AvgIpc) is 3.33. The molecule has 0 radical (unpaired) electrons. The van der Waals surface area contributed by atoms with Gasteiger partial charge in [0.25, 0.3) is 0 Å². The molecule has 2 rings (SSSR count). The molecule has 1 unspecified atom stereocenters. The van der Waals surface area contributed by atoms with Crippen LogP contribution >= 0.6 is 0 Å². The summed E-state index contributed by atoms with van der Waals surface area (Å²) in [4.78, 5) is 0. The highest BCUT2D eigenvalue weighted by atomic mass is 16.6. The van der Waals surface area contributed by atoms with Crippen molar-refractivity contribution in [3.8, 4) is 5.75 Å². The molecule has 1 aliphatic heterocycles. The molecule has 1 aliphatic rings. The number of ether oxygens (including phenoxy) is 2. The first-order valence-electron chi connectivity index (χ1n) is 8.72. The highest BCUT2D eigenvalue weighted by Gasteiger charge is 2.22. The van der Waals surface area contributed by atoms with Gasteiger partial charge < -0.3 is 9.47 Å². The molecule has 0 aromatic heterocycles. The van der Waals surface area contributed by atoms with E-state index in [9.17, 15) is 0 Å². The van der Waals surface area contributed by atoms with Crippen molar-refractivity contribution in [2.24, 2.45) is 0 Å². The lowest BCUT2D eigenvalue weighted by molar-refractivity contribution is 0.263. The summed E-state index contributed by atoms with van der Waals surface area (Å²) in [6, 6.07) is 8.54. The second-order valence-electron chi connectivity index (χ2n) is 6.14. The molecule has 1 fully saturated rings. The Balaban J connectivity index is 1.54. The summed E-state index contributed by atoms with van der Waals surface area (Å²) < 4.78 is 10.9. The Morgan fingerprint density at radius 2 is 1.76 bits per heavy atom. The average molecular weight is 290 g/mol. The van der Waals surface area contributed by atoms with Gasteiger partial charge in [0.15, 0.2) is 0 Å². The van der Waals surface area contributed by atoms with Gasteiger partial charge in [-0.3, -0.25) is 0 Å². The molecule has 1 saturated heterocycles. The van der Waals surface area contributed by atoms with Crippen molar-refractivity contribution in [3.05, 3.63) is 29.8 Å². The largest absolute Gasteiger partial charge is 0.491 e. The van der Waals surface area contributed by atoms with Crippen molar-refractivity contribution in [3.63, 3.8) is 0 Å². The molecule has 0 N–H and O–H groups in total. The van der Waals surface area contributed by atoms with Gasteiger partial charge in [-0.15, -0.1) is 0 Å². The molecule has 0 spiro atoms. The molecule has 21 heavy (non-hydrogen) atoms. The molecule has 118 valence electrons. The number of hydrogen-bond donors (Lipinski definition) is 0. The normalized spacial score (nSPS) is 16.9. The number of benzene rings is 1. The Bertz CT molecular complexity index is 385. The highest BCUT2D eigenvalue weighted by Crippen LogP contribution is 2.18. The fraction of sp³-hybridized carbons (Fsp3) is 0.684. The van der Waals surface area contributed by atoms with E-state index in [0.29, 0.717) is 12.7 Å². The summed E-state index contributed by atoms with van der Waals surface area (Å²) in [6.07, 6.45) is 12.5. The first kappa shape index (κ1) is 16.4. The quantitative estimate of drug-likeness (QED) is 0.392. The predicted octanol–water partition coefficient (Wildman–Crippen LogP) is 5.15. The van der Waals surface area contributed by atoms with E-state index in [-0.39, 0.29) is 0 Å². The Kier molecular flexibility index (Phi) is 7.66. The van der Waals surface area contributed by atoms with E-state index in [4.69, 9.17) is 9.47 Å². The molecule has 1 aromatic carbocycles. The molecule has 2 heteroatoms. The summed E-state index contributed by atoms with van der Waals surface area (Å²) in [5.74, 6) is 0.988. The fourth-order valence-electron chi connectivity index (χ4n) is 2.61. The first-order valence-corrected chi connectivity index (χ1v) is 8.72. The lowest BCUT2D eigenvalue weighted by atomic mass is 10.0. The number of hydrogen-bond acceptors (Lipinski definition) is 2. The SMILES string of the molecule is CCCCCCCCCCc1cccc(OCC2CO2)c1. The molecule has 0 aliphatic carbocycles. The zero-order valence-corrected chi connectivity index (χ0v) is 13.5. The summed E-state index contributed by atoms with van der Waals surface area (Å²) >= 11 is 0. The van der Waals surface area contributed by atoms with Crippen molar-refractivity contribution in [2.75, 3.05) is 13.2 Å². The van der Waals surface area contributed by atoms with E-state index < -0.39 is 0 Å². The maximum atomic E-state index is 5.73. The van der Waals surface area contributed by atoms with Crippen LogP contribution in [0, 0.1) is 0 Å². The zero-order chi connectivity index (χ0) is 14.8. The van der Waals surface area contributed by atoms with Crippen molar-refractivity contribution >= 4 is 0 Å². The maximum Gasteiger partial charge on any atom is 0.119 e. The van der Waals surface area contributed by atoms with Gasteiger partial charge in [-0.1, -0.05) is 64.0 Å². The van der Waals surface area contributed by atoms with Gasteiger partial charge in [0, 0.05) is 0 Å². The molecule has 1 atom stereocenters. The second kappa shape index (κ2) is 9.83. The number of unbranched alkanes of at least 4 members (excludes halogenated alkanes) is 7. The molecule has 0 bridgehead atoms. The van der Waals surface area contributed by atoms with Crippen molar-refractivity contribution in [1.29, 1.82) is 0 Å². The molecule has 2 nitrogen and oxygen atoms in total. The summed E-state index contributed by atoms with van der Waals surface area (Å²) in [5, 5.41) is 0. The second-order valence-corrected chi connectivity index (χ2v) is 6.14.